The number of hydrogen-bond acceptors (Lipinski definition) is 8. The summed E-state index contributed by atoms with van der Waals surface area (Å²) in [5.41, 5.74) is 5.25. The van der Waals surface area contributed by atoms with Crippen LogP contribution in [0.1, 0.15) is 107 Å². The number of allylic oxidation sites excluding steroid dienone is 1. The lowest BCUT2D eigenvalue weighted by atomic mass is 9.34. The Balaban J connectivity index is 1.54. The molecule has 9 nitrogen and oxygen atoms in total. The van der Waals surface area contributed by atoms with Gasteiger partial charge in [0.2, 0.25) is 0 Å². The molecule has 0 spiro atoms. The second-order valence-electron chi connectivity index (χ2n) is 17.1. The highest BCUT2D eigenvalue weighted by molar-refractivity contribution is 5.73. The maximum absolute atomic E-state index is 13.3. The summed E-state index contributed by atoms with van der Waals surface area (Å²) < 4.78 is 18.6. The summed E-state index contributed by atoms with van der Waals surface area (Å²) in [6.07, 6.45) is 6.30. The van der Waals surface area contributed by atoms with Crippen LogP contribution < -0.4 is 5.73 Å². The van der Waals surface area contributed by atoms with E-state index >= 15 is 0 Å². The highest BCUT2D eigenvalue weighted by Crippen LogP contribution is 2.75. The molecule has 260 valence electrons. The summed E-state index contributed by atoms with van der Waals surface area (Å²) in [4.78, 5) is 38.9. The largest absolute Gasteiger partial charge is 0.481 e. The fraction of sp³-hybridized carbons (Fsp3) is 0.865. The third kappa shape index (κ3) is 5.17. The average Bonchev–Trinajstić information content (AvgIpc) is 2.97. The number of carbonyl (C=O) groups is 3. The first kappa shape index (κ1) is 35.3. The Morgan fingerprint density at radius 1 is 1.04 bits per heavy atom. The minimum absolute atomic E-state index is 0.0705. The highest BCUT2D eigenvalue weighted by Gasteiger charge is 2.72. The van der Waals surface area contributed by atoms with Gasteiger partial charge in [0.25, 0.3) is 0 Å². The minimum Gasteiger partial charge on any atom is -0.481 e. The number of carboxylic acid groups (broad SMARTS) is 1. The molecule has 5 aliphatic rings. The Morgan fingerprint density at radius 2 is 1.74 bits per heavy atom. The minimum atomic E-state index is -0.683. The summed E-state index contributed by atoms with van der Waals surface area (Å²) in [5.74, 6) is -0.994. The number of rotatable bonds is 9. The number of ether oxygens (including phenoxy) is 3. The van der Waals surface area contributed by atoms with Gasteiger partial charge in [0.15, 0.2) is 0 Å². The van der Waals surface area contributed by atoms with Crippen molar-refractivity contribution in [3.8, 4) is 0 Å². The molecule has 12 atom stereocenters. The van der Waals surface area contributed by atoms with E-state index in [4.69, 9.17) is 19.9 Å². The molecule has 1 aliphatic heterocycles. The number of nitrogens with two attached hydrogens (primary N) is 1. The molecule has 0 aromatic heterocycles. The number of aliphatic carboxylic acids is 1. The molecule has 46 heavy (non-hydrogen) atoms. The summed E-state index contributed by atoms with van der Waals surface area (Å²) in [5, 5.41) is 20.3. The van der Waals surface area contributed by atoms with Gasteiger partial charge in [-0.15, -0.1) is 0 Å². The smallest absolute Gasteiger partial charge is 0.307 e. The van der Waals surface area contributed by atoms with Crippen LogP contribution in [-0.2, 0) is 28.6 Å². The van der Waals surface area contributed by atoms with E-state index in [0.717, 1.165) is 25.7 Å². The fourth-order valence-electron chi connectivity index (χ4n) is 11.7. The second kappa shape index (κ2) is 12.2. The lowest BCUT2D eigenvalue weighted by Crippen LogP contribution is -2.70. The summed E-state index contributed by atoms with van der Waals surface area (Å²) >= 11 is 0. The van der Waals surface area contributed by atoms with Crippen molar-refractivity contribution in [2.75, 3.05) is 19.8 Å². The van der Waals surface area contributed by atoms with Crippen LogP contribution in [0.3, 0.4) is 0 Å². The van der Waals surface area contributed by atoms with Crippen LogP contribution in [0.4, 0.5) is 0 Å². The van der Waals surface area contributed by atoms with E-state index in [-0.39, 0.29) is 41.6 Å². The van der Waals surface area contributed by atoms with Gasteiger partial charge in [-0.3, -0.25) is 14.4 Å². The van der Waals surface area contributed by atoms with Crippen LogP contribution >= 0.6 is 0 Å². The third-order valence-electron chi connectivity index (χ3n) is 14.6. The number of aliphatic hydroxyl groups excluding tert-OH is 1. The van der Waals surface area contributed by atoms with Gasteiger partial charge in [0, 0.05) is 30.2 Å². The topological polar surface area (TPSA) is 145 Å². The van der Waals surface area contributed by atoms with Crippen LogP contribution in [0.5, 0.6) is 0 Å². The van der Waals surface area contributed by atoms with E-state index in [1.807, 2.05) is 0 Å². The lowest BCUT2D eigenvalue weighted by molar-refractivity contribution is -0.263. The van der Waals surface area contributed by atoms with Gasteiger partial charge in [-0.2, -0.15) is 0 Å². The first-order valence-corrected chi connectivity index (χ1v) is 17.7. The molecule has 4 N–H and O–H groups in total. The number of carboxylic acids is 1. The quantitative estimate of drug-likeness (QED) is 0.218. The molecule has 0 aromatic carbocycles. The van der Waals surface area contributed by atoms with Crippen molar-refractivity contribution in [1.29, 1.82) is 0 Å². The van der Waals surface area contributed by atoms with E-state index in [0.29, 0.717) is 38.4 Å². The highest BCUT2D eigenvalue weighted by atomic mass is 16.6. The van der Waals surface area contributed by atoms with Crippen LogP contribution in [0, 0.1) is 56.7 Å². The fourth-order valence-corrected chi connectivity index (χ4v) is 11.7. The molecule has 4 fully saturated rings. The second-order valence-corrected chi connectivity index (χ2v) is 17.1. The Kier molecular flexibility index (Phi) is 9.35. The molecule has 1 unspecified atom stereocenters. The van der Waals surface area contributed by atoms with Gasteiger partial charge in [-0.1, -0.05) is 60.1 Å². The summed E-state index contributed by atoms with van der Waals surface area (Å²) in [7, 11) is 0. The van der Waals surface area contributed by atoms with Crippen LogP contribution in [0.25, 0.3) is 0 Å². The van der Waals surface area contributed by atoms with Crippen molar-refractivity contribution in [3.05, 3.63) is 11.6 Å². The molecule has 1 saturated heterocycles. The predicted molar refractivity (Wildman–Crippen MR) is 173 cm³/mol. The first-order chi connectivity index (χ1) is 21.4. The average molecular weight is 646 g/mol. The van der Waals surface area contributed by atoms with E-state index in [2.05, 4.69) is 54.5 Å². The normalized spacial score (nSPS) is 44.5. The molecule has 0 aromatic rings. The van der Waals surface area contributed by atoms with E-state index < -0.39 is 58.3 Å². The number of esters is 2. The maximum atomic E-state index is 13.3. The van der Waals surface area contributed by atoms with Gasteiger partial charge in [-0.05, 0) is 84.9 Å². The number of hydrogen-bond donors (Lipinski definition) is 3. The van der Waals surface area contributed by atoms with E-state index in [9.17, 15) is 24.6 Å². The number of aliphatic hydroxyl groups is 1. The Labute approximate surface area is 275 Å². The predicted octanol–water partition coefficient (Wildman–Crippen LogP) is 5.52. The maximum Gasteiger partial charge on any atom is 0.307 e. The zero-order valence-corrected chi connectivity index (χ0v) is 29.4. The molecular weight excluding hydrogens is 586 g/mol. The third-order valence-corrected chi connectivity index (χ3v) is 14.6. The van der Waals surface area contributed by atoms with Crippen molar-refractivity contribution in [2.45, 2.75) is 125 Å². The molecule has 4 aliphatic carbocycles. The standard InChI is InChI=1S/C37H59NO8/c1-21(2)22(3)33(5)15-16-35(7)25-10-11-28-34(6)19-44-20-37(28,26(25)13-14-36(35,8)30(33)32(42)43)17-27(45-23(4)40)31(34)46-29(41)12-9-24(38)18-39/h13,21-22,24-25,27-28,30-31,39H,9-12,14-20,38H2,1-8H3,(H,42,43)/t22-,24?,25+,27-,28+,30-,31+,33-,34+,35-,36+,37-/m1/s1. The molecule has 5 rings (SSSR count). The van der Waals surface area contributed by atoms with Gasteiger partial charge in [-0.25, -0.2) is 0 Å². The van der Waals surface area contributed by atoms with Crippen molar-refractivity contribution < 1.29 is 38.8 Å². The SMILES string of the molecule is CC(=O)O[C@@H]1C[C@]23COC[C@@](C)([C@@H]2CC[C@H]2C3=CC[C@@]3(C)[C@H](C(=O)O)[C@@](C)([C@H](C)C(C)C)CC[C@]23C)[C@H]1OC(=O)CCC(N)CO. The summed E-state index contributed by atoms with van der Waals surface area (Å²) in [6, 6.07) is -0.503. The van der Waals surface area contributed by atoms with Crippen LogP contribution in [0.15, 0.2) is 11.6 Å². The Morgan fingerprint density at radius 3 is 2.35 bits per heavy atom. The Bertz CT molecular complexity index is 1250. The van der Waals surface area contributed by atoms with Gasteiger partial charge >= 0.3 is 17.9 Å². The zero-order chi connectivity index (χ0) is 34.0. The van der Waals surface area contributed by atoms with E-state index in [1.54, 1.807) is 0 Å². The van der Waals surface area contributed by atoms with Crippen molar-refractivity contribution in [3.63, 3.8) is 0 Å². The zero-order valence-electron chi connectivity index (χ0n) is 29.4. The van der Waals surface area contributed by atoms with Gasteiger partial charge in [0.05, 0.1) is 25.7 Å². The molecule has 0 amide bonds. The van der Waals surface area contributed by atoms with Gasteiger partial charge < -0.3 is 30.2 Å². The molecule has 2 bridgehead atoms. The molecule has 3 saturated carbocycles. The lowest BCUT2D eigenvalue weighted by Gasteiger charge is -2.71. The van der Waals surface area contributed by atoms with E-state index in [1.165, 1.54) is 12.5 Å². The number of carbonyl (C=O) groups excluding carboxylic acids is 2. The monoisotopic (exact) mass is 645 g/mol. The molecule has 9 heteroatoms. The molecule has 1 heterocycles. The van der Waals surface area contributed by atoms with Crippen molar-refractivity contribution in [1.82, 2.24) is 0 Å². The Hall–Kier alpha value is -1.97. The molecule has 0 radical (unpaired) electrons. The first-order valence-electron chi connectivity index (χ1n) is 17.7. The number of fused-ring (bicyclic) bond motifs is 3. The van der Waals surface area contributed by atoms with Crippen LogP contribution in [-0.4, -0.2) is 66.2 Å². The summed E-state index contributed by atoms with van der Waals surface area (Å²) in [6.45, 7) is 17.7. The van der Waals surface area contributed by atoms with Gasteiger partial charge in [0.1, 0.15) is 12.2 Å². The van der Waals surface area contributed by atoms with Crippen molar-refractivity contribution in [2.24, 2.45) is 62.4 Å². The van der Waals surface area contributed by atoms with Crippen LogP contribution in [0.2, 0.25) is 0 Å². The molecular formula is C37H59NO8. The van der Waals surface area contributed by atoms with Crippen molar-refractivity contribution >= 4 is 17.9 Å².